The SMILES string of the molecule is COC(=O)[C@H](Cc1ccc(-c2ccccc2N(C)C)cc1)NC(=O)c1c(Cl)cccc1Cl. The Balaban J connectivity index is 1.81. The summed E-state index contributed by atoms with van der Waals surface area (Å²) in [7, 11) is 5.29. The van der Waals surface area contributed by atoms with Crippen LogP contribution in [0, 0.1) is 0 Å². The van der Waals surface area contributed by atoms with Gasteiger partial charge in [0.15, 0.2) is 0 Å². The van der Waals surface area contributed by atoms with Crippen molar-refractivity contribution in [2.45, 2.75) is 12.5 Å². The van der Waals surface area contributed by atoms with Crippen LogP contribution >= 0.6 is 23.2 Å². The van der Waals surface area contributed by atoms with E-state index in [1.165, 1.54) is 7.11 Å². The lowest BCUT2D eigenvalue weighted by Gasteiger charge is -2.19. The zero-order chi connectivity index (χ0) is 23.3. The number of esters is 1. The Hall–Kier alpha value is -3.02. The number of ether oxygens (including phenoxy) is 1. The number of nitrogens with zero attached hydrogens (tertiary/aromatic N) is 1. The monoisotopic (exact) mass is 470 g/mol. The molecule has 0 aliphatic rings. The maximum absolute atomic E-state index is 12.8. The van der Waals surface area contributed by atoms with E-state index in [0.717, 1.165) is 22.4 Å². The first-order valence-corrected chi connectivity index (χ1v) is 10.8. The van der Waals surface area contributed by atoms with Gasteiger partial charge in [-0.1, -0.05) is 71.7 Å². The average Bonchev–Trinajstić information content (AvgIpc) is 2.78. The molecule has 5 nitrogen and oxygen atoms in total. The molecular weight excluding hydrogens is 447 g/mol. The smallest absolute Gasteiger partial charge is 0.328 e. The molecule has 32 heavy (non-hydrogen) atoms. The second-order valence-electron chi connectivity index (χ2n) is 7.46. The highest BCUT2D eigenvalue weighted by Crippen LogP contribution is 2.30. The van der Waals surface area contributed by atoms with Crippen molar-refractivity contribution >= 4 is 40.8 Å². The van der Waals surface area contributed by atoms with E-state index in [-0.39, 0.29) is 22.0 Å². The fraction of sp³-hybridized carbons (Fsp3) is 0.200. The van der Waals surface area contributed by atoms with Gasteiger partial charge in [-0.05, 0) is 29.3 Å². The lowest BCUT2D eigenvalue weighted by Crippen LogP contribution is -2.43. The molecule has 0 saturated carbocycles. The molecule has 3 aromatic rings. The van der Waals surface area contributed by atoms with E-state index in [1.807, 2.05) is 50.5 Å². The van der Waals surface area contributed by atoms with E-state index in [1.54, 1.807) is 18.2 Å². The van der Waals surface area contributed by atoms with Crippen LogP contribution < -0.4 is 10.2 Å². The van der Waals surface area contributed by atoms with Gasteiger partial charge in [-0.25, -0.2) is 4.79 Å². The second kappa shape index (κ2) is 10.5. The molecule has 0 aromatic heterocycles. The Morgan fingerprint density at radius 3 is 2.16 bits per heavy atom. The summed E-state index contributed by atoms with van der Waals surface area (Å²) in [5.74, 6) is -1.09. The minimum Gasteiger partial charge on any atom is -0.467 e. The van der Waals surface area contributed by atoms with Gasteiger partial charge in [-0.3, -0.25) is 4.79 Å². The van der Waals surface area contributed by atoms with Crippen LogP contribution in [0.5, 0.6) is 0 Å². The van der Waals surface area contributed by atoms with Gasteiger partial charge in [-0.2, -0.15) is 0 Å². The van der Waals surface area contributed by atoms with Gasteiger partial charge in [0.1, 0.15) is 6.04 Å². The van der Waals surface area contributed by atoms with Crippen LogP contribution in [0.25, 0.3) is 11.1 Å². The predicted octanol–water partition coefficient (Wildman–Crippen LogP) is 5.24. The van der Waals surface area contributed by atoms with Gasteiger partial charge >= 0.3 is 5.97 Å². The summed E-state index contributed by atoms with van der Waals surface area (Å²) in [6.07, 6.45) is 0.260. The number of para-hydroxylation sites is 1. The molecule has 3 rings (SSSR count). The zero-order valence-corrected chi connectivity index (χ0v) is 19.6. The maximum atomic E-state index is 12.8. The van der Waals surface area contributed by atoms with Crippen molar-refractivity contribution in [1.82, 2.24) is 5.32 Å². The number of hydrogen-bond acceptors (Lipinski definition) is 4. The van der Waals surface area contributed by atoms with Crippen LogP contribution in [0.3, 0.4) is 0 Å². The maximum Gasteiger partial charge on any atom is 0.328 e. The van der Waals surface area contributed by atoms with E-state index in [2.05, 4.69) is 22.3 Å². The van der Waals surface area contributed by atoms with Crippen LogP contribution in [0.15, 0.2) is 66.7 Å². The first-order chi connectivity index (χ1) is 15.3. The molecule has 0 aliphatic heterocycles. The summed E-state index contributed by atoms with van der Waals surface area (Å²) >= 11 is 12.3. The van der Waals surface area contributed by atoms with Crippen molar-refractivity contribution in [3.8, 4) is 11.1 Å². The van der Waals surface area contributed by atoms with Crippen LogP contribution in [-0.2, 0) is 16.0 Å². The van der Waals surface area contributed by atoms with Gasteiger partial charge in [-0.15, -0.1) is 0 Å². The van der Waals surface area contributed by atoms with Gasteiger partial charge in [0.25, 0.3) is 5.91 Å². The lowest BCUT2D eigenvalue weighted by atomic mass is 9.99. The molecule has 0 saturated heterocycles. The second-order valence-corrected chi connectivity index (χ2v) is 8.27. The third-order valence-electron chi connectivity index (χ3n) is 5.07. The quantitative estimate of drug-likeness (QED) is 0.479. The average molecular weight is 471 g/mol. The van der Waals surface area contributed by atoms with Gasteiger partial charge in [0.05, 0.1) is 22.7 Å². The molecule has 0 spiro atoms. The van der Waals surface area contributed by atoms with Gasteiger partial charge < -0.3 is 15.0 Å². The van der Waals surface area contributed by atoms with Crippen molar-refractivity contribution < 1.29 is 14.3 Å². The fourth-order valence-corrected chi connectivity index (χ4v) is 4.01. The summed E-state index contributed by atoms with van der Waals surface area (Å²) in [6.45, 7) is 0. The Labute approximate surface area is 197 Å². The van der Waals surface area contributed by atoms with Crippen LogP contribution in [0.2, 0.25) is 10.0 Å². The van der Waals surface area contributed by atoms with E-state index >= 15 is 0 Å². The largest absolute Gasteiger partial charge is 0.467 e. The number of hydrogen-bond donors (Lipinski definition) is 1. The summed E-state index contributed by atoms with van der Waals surface area (Å²) in [6, 6.07) is 19.9. The third-order valence-corrected chi connectivity index (χ3v) is 5.70. The Morgan fingerprint density at radius 2 is 1.56 bits per heavy atom. The summed E-state index contributed by atoms with van der Waals surface area (Å²) < 4.78 is 4.89. The van der Waals surface area contributed by atoms with E-state index in [9.17, 15) is 9.59 Å². The van der Waals surface area contributed by atoms with E-state index in [0.29, 0.717) is 0 Å². The first kappa shape index (κ1) is 23.6. The van der Waals surface area contributed by atoms with Gasteiger partial charge in [0.2, 0.25) is 0 Å². The highest BCUT2D eigenvalue weighted by molar-refractivity contribution is 6.39. The molecule has 1 atom stereocenters. The number of nitrogens with one attached hydrogen (secondary N) is 1. The summed E-state index contributed by atoms with van der Waals surface area (Å²) in [4.78, 5) is 27.2. The highest BCUT2D eigenvalue weighted by Gasteiger charge is 2.25. The molecule has 1 amide bonds. The Kier molecular flexibility index (Phi) is 7.78. The Morgan fingerprint density at radius 1 is 0.938 bits per heavy atom. The number of anilines is 1. The number of benzene rings is 3. The zero-order valence-electron chi connectivity index (χ0n) is 18.1. The number of carbonyl (C=O) groups is 2. The van der Waals surface area contributed by atoms with Gasteiger partial charge in [0, 0.05) is 31.8 Å². The number of amides is 1. The minimum atomic E-state index is -0.889. The lowest BCUT2D eigenvalue weighted by molar-refractivity contribution is -0.142. The van der Waals surface area contributed by atoms with E-state index < -0.39 is 17.9 Å². The molecule has 1 N–H and O–H groups in total. The third kappa shape index (κ3) is 5.42. The molecule has 0 heterocycles. The van der Waals surface area contributed by atoms with Crippen molar-refractivity contribution in [3.63, 3.8) is 0 Å². The number of halogens is 2. The molecule has 0 fully saturated rings. The van der Waals surface area contributed by atoms with Crippen LogP contribution in [0.1, 0.15) is 15.9 Å². The molecule has 166 valence electrons. The first-order valence-electron chi connectivity index (χ1n) is 10.00. The predicted molar refractivity (Wildman–Crippen MR) is 130 cm³/mol. The molecule has 7 heteroatoms. The van der Waals surface area contributed by atoms with Crippen molar-refractivity contribution in [1.29, 1.82) is 0 Å². The van der Waals surface area contributed by atoms with Crippen molar-refractivity contribution in [2.75, 3.05) is 26.1 Å². The minimum absolute atomic E-state index is 0.125. The topological polar surface area (TPSA) is 58.6 Å². The highest BCUT2D eigenvalue weighted by atomic mass is 35.5. The van der Waals surface area contributed by atoms with Crippen LogP contribution in [0.4, 0.5) is 5.69 Å². The molecule has 0 unspecified atom stereocenters. The van der Waals surface area contributed by atoms with Crippen molar-refractivity contribution in [2.24, 2.45) is 0 Å². The molecule has 0 aliphatic carbocycles. The molecule has 3 aromatic carbocycles. The summed E-state index contributed by atoms with van der Waals surface area (Å²) in [5.41, 5.74) is 4.27. The fourth-order valence-electron chi connectivity index (χ4n) is 3.44. The molecular formula is C25H24Cl2N2O3. The standard InChI is InChI=1S/C25H24Cl2N2O3/c1-29(2)22-10-5-4-7-18(22)17-13-11-16(12-14-17)15-21(25(31)32-3)28-24(30)23-19(26)8-6-9-20(23)27/h4-14,21H,15H2,1-3H3,(H,28,30)/t21-/m0/s1. The number of rotatable bonds is 7. The normalized spacial score (nSPS) is 11.5. The summed E-state index contributed by atoms with van der Waals surface area (Å²) in [5, 5.41) is 3.12. The van der Waals surface area contributed by atoms with Crippen LogP contribution in [-0.4, -0.2) is 39.1 Å². The molecule has 0 radical (unpaired) electrons. The number of carbonyl (C=O) groups excluding carboxylic acids is 2. The van der Waals surface area contributed by atoms with E-state index in [4.69, 9.17) is 27.9 Å². The van der Waals surface area contributed by atoms with Crippen molar-refractivity contribution in [3.05, 3.63) is 87.9 Å². The number of methoxy groups -OCH3 is 1. The molecule has 0 bridgehead atoms. The Bertz CT molecular complexity index is 1090.